The van der Waals surface area contributed by atoms with E-state index in [2.05, 4.69) is 30.6 Å². The van der Waals surface area contributed by atoms with Gasteiger partial charge in [0.15, 0.2) is 0 Å². The quantitative estimate of drug-likeness (QED) is 0.241. The van der Waals surface area contributed by atoms with Crippen LogP contribution in [0, 0.1) is 5.95 Å². The van der Waals surface area contributed by atoms with E-state index in [1.54, 1.807) is 47.2 Å². The third-order valence-electron chi connectivity index (χ3n) is 5.26. The van der Waals surface area contributed by atoms with Gasteiger partial charge >= 0.3 is 0 Å². The van der Waals surface area contributed by atoms with E-state index in [1.165, 1.54) is 30.6 Å². The fraction of sp³-hybridized carbons (Fsp3) is 0.0385. The van der Waals surface area contributed by atoms with Crippen LogP contribution in [0.3, 0.4) is 0 Å². The predicted octanol–water partition coefficient (Wildman–Crippen LogP) is 4.99. The van der Waals surface area contributed by atoms with Gasteiger partial charge in [-0.1, -0.05) is 29.8 Å². The molecular formula is C26H19ClFN7O3. The number of imidazole rings is 1. The number of ether oxygens (including phenoxy) is 1. The minimum Gasteiger partial charge on any atom is -0.439 e. The Morgan fingerprint density at radius 3 is 2.55 bits per heavy atom. The van der Waals surface area contributed by atoms with Crippen molar-refractivity contribution in [3.63, 3.8) is 0 Å². The average molecular weight is 532 g/mol. The summed E-state index contributed by atoms with van der Waals surface area (Å²) in [5, 5.41) is 6.22. The number of halogens is 2. The fourth-order valence-electron chi connectivity index (χ4n) is 3.47. The molecule has 0 aliphatic rings. The SMILES string of the molecule is O=C(Nc1ncc[nH]1)c1cn(Cc2ccc(Cl)cc2)c(Nc2ccc(Oc3cccc(F)n3)cc2)nc1=O. The largest absolute Gasteiger partial charge is 0.439 e. The Labute approximate surface area is 220 Å². The molecule has 0 unspecified atom stereocenters. The minimum atomic E-state index is -0.721. The van der Waals surface area contributed by atoms with Gasteiger partial charge in [-0.2, -0.15) is 14.4 Å². The third kappa shape index (κ3) is 6.02. The number of hydrogen-bond acceptors (Lipinski definition) is 7. The number of hydrogen-bond donors (Lipinski definition) is 3. The van der Waals surface area contributed by atoms with Gasteiger partial charge in [-0.05, 0) is 48.0 Å². The Balaban J connectivity index is 1.42. The molecule has 38 heavy (non-hydrogen) atoms. The Kier molecular flexibility index (Phi) is 7.09. The van der Waals surface area contributed by atoms with E-state index in [9.17, 15) is 14.0 Å². The van der Waals surface area contributed by atoms with E-state index >= 15 is 0 Å². The molecule has 0 fully saturated rings. The van der Waals surface area contributed by atoms with Gasteiger partial charge in [0.1, 0.15) is 11.3 Å². The smallest absolute Gasteiger partial charge is 0.287 e. The first-order chi connectivity index (χ1) is 18.4. The zero-order chi connectivity index (χ0) is 26.5. The van der Waals surface area contributed by atoms with Crippen molar-refractivity contribution in [2.45, 2.75) is 6.54 Å². The van der Waals surface area contributed by atoms with Crippen LogP contribution in [0.5, 0.6) is 11.6 Å². The van der Waals surface area contributed by atoms with E-state index in [0.29, 0.717) is 23.0 Å². The lowest BCUT2D eigenvalue weighted by Gasteiger charge is -2.16. The number of aromatic amines is 1. The monoisotopic (exact) mass is 531 g/mol. The number of nitrogens with one attached hydrogen (secondary N) is 3. The molecule has 0 aliphatic heterocycles. The van der Waals surface area contributed by atoms with Crippen LogP contribution in [0.15, 0.2) is 90.1 Å². The first kappa shape index (κ1) is 24.7. The molecule has 0 aliphatic carbocycles. The summed E-state index contributed by atoms with van der Waals surface area (Å²) in [4.78, 5) is 40.1. The fourth-order valence-corrected chi connectivity index (χ4v) is 3.59. The van der Waals surface area contributed by atoms with Crippen LogP contribution in [-0.2, 0) is 6.54 Å². The van der Waals surface area contributed by atoms with Crippen LogP contribution < -0.4 is 20.9 Å². The van der Waals surface area contributed by atoms with Gasteiger partial charge in [-0.3, -0.25) is 14.9 Å². The number of anilines is 3. The van der Waals surface area contributed by atoms with Crippen molar-refractivity contribution in [3.8, 4) is 11.6 Å². The molecule has 5 rings (SSSR count). The number of nitrogens with zero attached hydrogens (tertiary/aromatic N) is 4. The minimum absolute atomic E-state index is 0.118. The molecule has 0 atom stereocenters. The first-order valence-corrected chi connectivity index (χ1v) is 11.6. The van der Waals surface area contributed by atoms with Crippen molar-refractivity contribution in [1.82, 2.24) is 24.5 Å². The second-order valence-electron chi connectivity index (χ2n) is 7.98. The molecule has 190 valence electrons. The van der Waals surface area contributed by atoms with Crippen molar-refractivity contribution in [2.75, 3.05) is 10.6 Å². The summed E-state index contributed by atoms with van der Waals surface area (Å²) in [5.74, 6) is -0.331. The van der Waals surface area contributed by atoms with Gasteiger partial charge in [0, 0.05) is 35.4 Å². The van der Waals surface area contributed by atoms with Crippen molar-refractivity contribution in [3.05, 3.63) is 118 Å². The lowest BCUT2D eigenvalue weighted by atomic mass is 10.2. The van der Waals surface area contributed by atoms with Crippen LogP contribution in [-0.4, -0.2) is 30.4 Å². The molecule has 0 spiro atoms. The van der Waals surface area contributed by atoms with Gasteiger partial charge in [0.2, 0.25) is 23.7 Å². The van der Waals surface area contributed by atoms with Crippen molar-refractivity contribution in [1.29, 1.82) is 0 Å². The molecule has 2 aromatic carbocycles. The average Bonchev–Trinajstić information content (AvgIpc) is 3.41. The summed E-state index contributed by atoms with van der Waals surface area (Å²) in [6, 6.07) is 18.1. The molecule has 5 aromatic rings. The zero-order valence-electron chi connectivity index (χ0n) is 19.6. The number of carbonyl (C=O) groups excluding carboxylic acids is 1. The Morgan fingerprint density at radius 1 is 1.05 bits per heavy atom. The predicted molar refractivity (Wildman–Crippen MR) is 140 cm³/mol. The molecule has 0 bridgehead atoms. The second kappa shape index (κ2) is 10.9. The van der Waals surface area contributed by atoms with Gasteiger partial charge < -0.3 is 19.6 Å². The highest BCUT2D eigenvalue weighted by Gasteiger charge is 2.17. The summed E-state index contributed by atoms with van der Waals surface area (Å²) in [5.41, 5.74) is 0.578. The van der Waals surface area contributed by atoms with Gasteiger partial charge in [0.05, 0.1) is 6.54 Å². The Hall–Kier alpha value is -5.03. The maximum absolute atomic E-state index is 13.3. The number of H-pyrrole nitrogens is 1. The van der Waals surface area contributed by atoms with Crippen LogP contribution in [0.25, 0.3) is 0 Å². The van der Waals surface area contributed by atoms with Crippen LogP contribution in [0.4, 0.5) is 22.0 Å². The normalized spacial score (nSPS) is 10.7. The van der Waals surface area contributed by atoms with Crippen molar-refractivity contribution >= 4 is 35.1 Å². The number of amides is 1. The summed E-state index contributed by atoms with van der Waals surface area (Å²) in [7, 11) is 0. The number of carbonyl (C=O) groups is 1. The number of pyridine rings is 1. The molecule has 10 nitrogen and oxygen atoms in total. The molecule has 0 saturated carbocycles. The van der Waals surface area contributed by atoms with E-state index in [4.69, 9.17) is 16.3 Å². The molecule has 0 radical (unpaired) electrons. The van der Waals surface area contributed by atoms with E-state index in [-0.39, 0.29) is 23.3 Å². The van der Waals surface area contributed by atoms with Crippen molar-refractivity contribution < 1.29 is 13.9 Å². The summed E-state index contributed by atoms with van der Waals surface area (Å²) in [6.45, 7) is 0.292. The first-order valence-electron chi connectivity index (χ1n) is 11.3. The lowest BCUT2D eigenvalue weighted by Crippen LogP contribution is -2.27. The molecule has 3 aromatic heterocycles. The lowest BCUT2D eigenvalue weighted by molar-refractivity contribution is 0.102. The molecule has 3 heterocycles. The number of benzene rings is 2. The van der Waals surface area contributed by atoms with Crippen LogP contribution in [0.2, 0.25) is 5.02 Å². The van der Waals surface area contributed by atoms with E-state index < -0.39 is 17.4 Å². The van der Waals surface area contributed by atoms with Gasteiger partial charge in [0.25, 0.3) is 11.5 Å². The van der Waals surface area contributed by atoms with Gasteiger partial charge in [-0.25, -0.2) is 4.98 Å². The molecule has 3 N–H and O–H groups in total. The molecule has 1 amide bonds. The molecular weight excluding hydrogens is 513 g/mol. The highest BCUT2D eigenvalue weighted by Crippen LogP contribution is 2.23. The van der Waals surface area contributed by atoms with E-state index in [1.807, 2.05) is 12.1 Å². The molecule has 12 heteroatoms. The summed E-state index contributed by atoms with van der Waals surface area (Å²) in [6.07, 6.45) is 4.45. The molecule has 0 saturated heterocycles. The third-order valence-corrected chi connectivity index (χ3v) is 5.51. The second-order valence-corrected chi connectivity index (χ2v) is 8.42. The Bertz CT molecular complexity index is 1620. The van der Waals surface area contributed by atoms with E-state index in [0.717, 1.165) is 5.56 Å². The standard InChI is InChI=1S/C26H19ClFN7O3/c27-17-6-4-16(5-7-17)14-35-15-20(23(36)33-25-29-12-13-30-25)24(37)34-26(35)31-18-8-10-19(11-9-18)38-22-3-1-2-21(28)32-22/h1-13,15H,14H2,(H,31,34,37)(H2,29,30,33,36). The maximum Gasteiger partial charge on any atom is 0.287 e. The summed E-state index contributed by atoms with van der Waals surface area (Å²) < 4.78 is 20.5. The van der Waals surface area contributed by atoms with Crippen molar-refractivity contribution in [2.24, 2.45) is 0 Å². The highest BCUT2D eigenvalue weighted by atomic mass is 35.5. The van der Waals surface area contributed by atoms with Crippen LogP contribution in [0.1, 0.15) is 15.9 Å². The Morgan fingerprint density at radius 2 is 1.84 bits per heavy atom. The van der Waals surface area contributed by atoms with Gasteiger partial charge in [-0.15, -0.1) is 0 Å². The number of rotatable bonds is 8. The summed E-state index contributed by atoms with van der Waals surface area (Å²) >= 11 is 6.01. The number of aromatic nitrogens is 5. The topological polar surface area (TPSA) is 127 Å². The van der Waals surface area contributed by atoms with Crippen LogP contribution >= 0.6 is 11.6 Å². The zero-order valence-corrected chi connectivity index (χ0v) is 20.3. The highest BCUT2D eigenvalue weighted by molar-refractivity contribution is 6.30. The maximum atomic E-state index is 13.3.